The first-order valence-corrected chi connectivity index (χ1v) is 4.91. The Labute approximate surface area is 81.7 Å². The maximum Gasteiger partial charge on any atom is 0.401 e. The molecule has 0 amide bonds. The second-order valence-corrected chi connectivity index (χ2v) is 3.85. The van der Waals surface area contributed by atoms with Gasteiger partial charge in [0.15, 0.2) is 0 Å². The smallest absolute Gasteiger partial charge is 0.396 e. The van der Waals surface area contributed by atoms with E-state index in [2.05, 4.69) is 0 Å². The minimum atomic E-state index is -4.08. The highest BCUT2D eigenvalue weighted by molar-refractivity contribution is 4.73. The maximum atomic E-state index is 12.0. The van der Waals surface area contributed by atoms with Crippen molar-refractivity contribution in [3.8, 4) is 0 Å². The van der Waals surface area contributed by atoms with Gasteiger partial charge in [0, 0.05) is 6.61 Å². The van der Waals surface area contributed by atoms with Crippen molar-refractivity contribution in [1.29, 1.82) is 0 Å². The van der Waals surface area contributed by atoms with E-state index in [1.165, 1.54) is 4.90 Å². The molecule has 0 unspecified atom stereocenters. The number of piperidine rings is 1. The molecule has 0 aliphatic carbocycles. The van der Waals surface area contributed by atoms with E-state index in [9.17, 15) is 13.2 Å². The van der Waals surface area contributed by atoms with Gasteiger partial charge in [0.25, 0.3) is 0 Å². The lowest BCUT2D eigenvalue weighted by atomic mass is 9.94. The molecule has 1 aliphatic rings. The molecule has 0 bridgehead atoms. The summed E-state index contributed by atoms with van der Waals surface area (Å²) in [5.74, 6) is 0.407. The summed E-state index contributed by atoms with van der Waals surface area (Å²) in [6.45, 7) is 0.358. The Balaban J connectivity index is 2.22. The van der Waals surface area contributed by atoms with Crippen molar-refractivity contribution in [2.45, 2.75) is 25.4 Å². The number of aliphatic hydroxyl groups is 1. The lowest BCUT2D eigenvalue weighted by Crippen LogP contribution is -2.40. The largest absolute Gasteiger partial charge is 0.401 e. The normalized spacial score (nSPS) is 21.4. The Morgan fingerprint density at radius 2 is 1.79 bits per heavy atom. The molecular formula is C9H16F3NO. The monoisotopic (exact) mass is 211 g/mol. The fourth-order valence-corrected chi connectivity index (χ4v) is 1.87. The predicted molar refractivity (Wildman–Crippen MR) is 46.9 cm³/mol. The summed E-state index contributed by atoms with van der Waals surface area (Å²) in [6, 6.07) is 0. The predicted octanol–water partition coefficient (Wildman–Crippen LogP) is 1.64. The second kappa shape index (κ2) is 4.98. The first-order chi connectivity index (χ1) is 6.51. The topological polar surface area (TPSA) is 23.5 Å². The molecule has 14 heavy (non-hydrogen) atoms. The zero-order chi connectivity index (χ0) is 10.6. The molecule has 1 rings (SSSR count). The average Bonchev–Trinajstić information content (AvgIpc) is 2.06. The van der Waals surface area contributed by atoms with Crippen molar-refractivity contribution in [3.63, 3.8) is 0 Å². The Morgan fingerprint density at radius 1 is 1.21 bits per heavy atom. The molecule has 0 spiro atoms. The minimum Gasteiger partial charge on any atom is -0.396 e. The molecule has 0 aromatic heterocycles. The molecular weight excluding hydrogens is 195 g/mol. The third-order valence-corrected chi connectivity index (χ3v) is 2.65. The van der Waals surface area contributed by atoms with E-state index in [1.54, 1.807) is 0 Å². The summed E-state index contributed by atoms with van der Waals surface area (Å²) >= 11 is 0. The Bertz CT molecular complexity index is 164. The van der Waals surface area contributed by atoms with Crippen molar-refractivity contribution in [1.82, 2.24) is 4.90 Å². The number of alkyl halides is 3. The molecule has 0 atom stereocenters. The van der Waals surface area contributed by atoms with Gasteiger partial charge in [-0.2, -0.15) is 13.2 Å². The fourth-order valence-electron chi connectivity index (χ4n) is 1.87. The van der Waals surface area contributed by atoms with Gasteiger partial charge in [0.2, 0.25) is 0 Å². The van der Waals surface area contributed by atoms with E-state index in [4.69, 9.17) is 5.11 Å². The molecule has 1 saturated heterocycles. The molecule has 1 N–H and O–H groups in total. The van der Waals surface area contributed by atoms with Crippen LogP contribution < -0.4 is 0 Å². The number of hydrogen-bond acceptors (Lipinski definition) is 2. The van der Waals surface area contributed by atoms with Crippen molar-refractivity contribution in [2.75, 3.05) is 26.2 Å². The minimum absolute atomic E-state index is 0.143. The molecule has 1 aliphatic heterocycles. The number of hydrogen-bond donors (Lipinski definition) is 1. The maximum absolute atomic E-state index is 12.0. The van der Waals surface area contributed by atoms with Crippen molar-refractivity contribution < 1.29 is 18.3 Å². The van der Waals surface area contributed by atoms with Gasteiger partial charge in [-0.3, -0.25) is 4.90 Å². The van der Waals surface area contributed by atoms with E-state index in [0.29, 0.717) is 19.0 Å². The van der Waals surface area contributed by atoms with Crippen LogP contribution in [0, 0.1) is 5.92 Å². The first-order valence-electron chi connectivity index (χ1n) is 4.91. The molecule has 1 fully saturated rings. The van der Waals surface area contributed by atoms with Gasteiger partial charge in [-0.15, -0.1) is 0 Å². The van der Waals surface area contributed by atoms with E-state index >= 15 is 0 Å². The molecule has 84 valence electrons. The molecule has 1 heterocycles. The highest BCUT2D eigenvalue weighted by atomic mass is 19.4. The number of nitrogens with zero attached hydrogens (tertiary/aromatic N) is 1. The summed E-state index contributed by atoms with van der Waals surface area (Å²) in [7, 11) is 0. The van der Waals surface area contributed by atoms with Crippen molar-refractivity contribution in [2.24, 2.45) is 5.92 Å². The number of halogens is 3. The zero-order valence-electron chi connectivity index (χ0n) is 8.06. The van der Waals surface area contributed by atoms with Crippen LogP contribution in [0.1, 0.15) is 19.3 Å². The summed E-state index contributed by atoms with van der Waals surface area (Å²) in [4.78, 5) is 1.44. The van der Waals surface area contributed by atoms with Gasteiger partial charge in [0.05, 0.1) is 6.54 Å². The third kappa shape index (κ3) is 4.28. The quantitative estimate of drug-likeness (QED) is 0.767. The van der Waals surface area contributed by atoms with Crippen LogP contribution in [0.4, 0.5) is 13.2 Å². The fraction of sp³-hybridized carbons (Fsp3) is 1.00. The lowest BCUT2D eigenvalue weighted by Gasteiger charge is -2.32. The van der Waals surface area contributed by atoms with Gasteiger partial charge in [-0.05, 0) is 38.3 Å². The van der Waals surface area contributed by atoms with Crippen LogP contribution >= 0.6 is 0 Å². The molecule has 0 aromatic carbocycles. The van der Waals surface area contributed by atoms with Crippen molar-refractivity contribution in [3.05, 3.63) is 0 Å². The zero-order valence-corrected chi connectivity index (χ0v) is 8.06. The third-order valence-electron chi connectivity index (χ3n) is 2.65. The summed E-state index contributed by atoms with van der Waals surface area (Å²) < 4.78 is 36.0. The highest BCUT2D eigenvalue weighted by Crippen LogP contribution is 2.23. The van der Waals surface area contributed by atoms with Gasteiger partial charge in [-0.1, -0.05) is 0 Å². The Kier molecular flexibility index (Phi) is 4.19. The Morgan fingerprint density at radius 3 is 2.21 bits per heavy atom. The van der Waals surface area contributed by atoms with E-state index in [1.807, 2.05) is 0 Å². The summed E-state index contributed by atoms with van der Waals surface area (Å²) in [6.07, 6.45) is -1.81. The molecule has 0 radical (unpaired) electrons. The van der Waals surface area contributed by atoms with Gasteiger partial charge in [-0.25, -0.2) is 0 Å². The average molecular weight is 211 g/mol. The molecule has 5 heteroatoms. The standard InChI is InChI=1S/C9H16F3NO/c10-9(11,12)7-13-4-1-8(2-5-13)3-6-14/h8,14H,1-7H2. The van der Waals surface area contributed by atoms with Crippen LogP contribution in [0.3, 0.4) is 0 Å². The lowest BCUT2D eigenvalue weighted by molar-refractivity contribution is -0.148. The molecule has 2 nitrogen and oxygen atoms in total. The van der Waals surface area contributed by atoms with Crippen LogP contribution in [0.15, 0.2) is 0 Å². The van der Waals surface area contributed by atoms with E-state index < -0.39 is 12.7 Å². The van der Waals surface area contributed by atoms with Crippen LogP contribution in [0.2, 0.25) is 0 Å². The molecule has 0 aromatic rings. The van der Waals surface area contributed by atoms with Crippen LogP contribution in [0.5, 0.6) is 0 Å². The Hall–Kier alpha value is -0.290. The highest BCUT2D eigenvalue weighted by Gasteiger charge is 2.32. The van der Waals surface area contributed by atoms with Gasteiger partial charge in [0.1, 0.15) is 0 Å². The number of likely N-dealkylation sites (tertiary alicyclic amines) is 1. The summed E-state index contributed by atoms with van der Waals surface area (Å²) in [5, 5.41) is 8.68. The second-order valence-electron chi connectivity index (χ2n) is 3.85. The van der Waals surface area contributed by atoms with Gasteiger partial charge < -0.3 is 5.11 Å². The van der Waals surface area contributed by atoms with E-state index in [0.717, 1.165) is 19.3 Å². The SMILES string of the molecule is OCCC1CCN(CC(F)(F)F)CC1. The number of aliphatic hydroxyl groups excluding tert-OH is 1. The summed E-state index contributed by atoms with van der Waals surface area (Å²) in [5.41, 5.74) is 0. The van der Waals surface area contributed by atoms with Crippen molar-refractivity contribution >= 4 is 0 Å². The van der Waals surface area contributed by atoms with Crippen LogP contribution in [-0.4, -0.2) is 42.4 Å². The number of rotatable bonds is 3. The first kappa shape index (κ1) is 11.8. The van der Waals surface area contributed by atoms with Crippen LogP contribution in [0.25, 0.3) is 0 Å². The molecule has 0 saturated carbocycles. The van der Waals surface area contributed by atoms with Gasteiger partial charge >= 0.3 is 6.18 Å². The van der Waals surface area contributed by atoms with E-state index in [-0.39, 0.29) is 6.61 Å². The van der Waals surface area contributed by atoms with Crippen LogP contribution in [-0.2, 0) is 0 Å².